The quantitative estimate of drug-likeness (QED) is 0.473. The van der Waals surface area contributed by atoms with Crippen molar-refractivity contribution in [2.75, 3.05) is 18.2 Å². The first-order chi connectivity index (χ1) is 13.0. The van der Waals surface area contributed by atoms with E-state index in [4.69, 9.17) is 10.5 Å². The highest BCUT2D eigenvalue weighted by Gasteiger charge is 2.34. The Morgan fingerprint density at radius 2 is 1.48 bits per heavy atom. The largest absolute Gasteiger partial charge is 0.495 e. The minimum Gasteiger partial charge on any atom is -0.495 e. The van der Waals surface area contributed by atoms with Crippen molar-refractivity contribution in [2.45, 2.75) is 0 Å². The number of rotatable bonds is 3. The van der Waals surface area contributed by atoms with Crippen LogP contribution < -0.4 is 15.8 Å². The Labute approximate surface area is 164 Å². The average molecular weight is 423 g/mol. The molecule has 5 nitrogen and oxygen atoms in total. The van der Waals surface area contributed by atoms with E-state index < -0.39 is 0 Å². The number of fused-ring (bicyclic) bond motifs is 2. The van der Waals surface area contributed by atoms with Crippen molar-refractivity contribution in [2.24, 2.45) is 0 Å². The van der Waals surface area contributed by atoms with Gasteiger partial charge in [-0.3, -0.25) is 9.59 Å². The molecule has 0 saturated carbocycles. The molecule has 0 aromatic heterocycles. The standard InChI is InChI=1S/C21H15BrN2O3/c1-27-16-9-5-4-8-14(16)24-15-10-13(22)19(23)18-17(15)20(25)11-6-2-3-7-12(11)21(18)26/h2-10,24H,23H2,1H3. The summed E-state index contributed by atoms with van der Waals surface area (Å²) in [4.78, 5) is 26.2. The highest BCUT2D eigenvalue weighted by atomic mass is 79.9. The highest BCUT2D eigenvalue weighted by molar-refractivity contribution is 9.10. The molecule has 0 atom stereocenters. The van der Waals surface area contributed by atoms with E-state index >= 15 is 0 Å². The Hall–Kier alpha value is -3.12. The fraction of sp³-hybridized carbons (Fsp3) is 0.0476. The van der Waals surface area contributed by atoms with Gasteiger partial charge in [0.1, 0.15) is 5.75 Å². The van der Waals surface area contributed by atoms with Crippen molar-refractivity contribution in [1.29, 1.82) is 0 Å². The second kappa shape index (κ2) is 6.55. The summed E-state index contributed by atoms with van der Waals surface area (Å²) in [5.41, 5.74) is 8.80. The molecule has 3 N–H and O–H groups in total. The number of para-hydroxylation sites is 2. The lowest BCUT2D eigenvalue weighted by Gasteiger charge is -2.23. The molecule has 0 radical (unpaired) electrons. The van der Waals surface area contributed by atoms with Crippen LogP contribution in [0.2, 0.25) is 0 Å². The maximum atomic E-state index is 13.2. The number of carbonyl (C=O) groups excluding carboxylic acids is 2. The molecule has 0 aliphatic heterocycles. The third-order valence-electron chi connectivity index (χ3n) is 4.56. The van der Waals surface area contributed by atoms with Gasteiger partial charge in [-0.15, -0.1) is 0 Å². The molecule has 4 rings (SSSR count). The number of hydrogen-bond donors (Lipinski definition) is 2. The van der Waals surface area contributed by atoms with E-state index in [0.29, 0.717) is 32.7 Å². The fourth-order valence-corrected chi connectivity index (χ4v) is 3.70. The molecular weight excluding hydrogens is 408 g/mol. The zero-order valence-electron chi connectivity index (χ0n) is 14.4. The fourth-order valence-electron chi connectivity index (χ4n) is 3.28. The van der Waals surface area contributed by atoms with Gasteiger partial charge in [0, 0.05) is 15.6 Å². The van der Waals surface area contributed by atoms with E-state index in [1.54, 1.807) is 37.4 Å². The van der Waals surface area contributed by atoms with Crippen LogP contribution >= 0.6 is 15.9 Å². The van der Waals surface area contributed by atoms with Gasteiger partial charge in [0.25, 0.3) is 0 Å². The number of nitrogen functional groups attached to an aromatic ring is 1. The molecule has 0 spiro atoms. The van der Waals surface area contributed by atoms with E-state index in [2.05, 4.69) is 21.2 Å². The van der Waals surface area contributed by atoms with Crippen LogP contribution in [0.1, 0.15) is 31.8 Å². The maximum Gasteiger partial charge on any atom is 0.196 e. The topological polar surface area (TPSA) is 81.4 Å². The summed E-state index contributed by atoms with van der Waals surface area (Å²) in [6.45, 7) is 0. The second-order valence-corrected chi connectivity index (χ2v) is 6.95. The number of hydrogen-bond acceptors (Lipinski definition) is 5. The summed E-state index contributed by atoms with van der Waals surface area (Å²) in [5.74, 6) is 0.119. The first-order valence-electron chi connectivity index (χ1n) is 8.23. The van der Waals surface area contributed by atoms with E-state index in [-0.39, 0.29) is 28.4 Å². The lowest BCUT2D eigenvalue weighted by molar-refractivity contribution is 0.0980. The third-order valence-corrected chi connectivity index (χ3v) is 5.22. The lowest BCUT2D eigenvalue weighted by atomic mass is 9.82. The van der Waals surface area contributed by atoms with Crippen molar-refractivity contribution in [3.05, 3.63) is 81.3 Å². The summed E-state index contributed by atoms with van der Waals surface area (Å²) in [6.07, 6.45) is 0. The zero-order valence-corrected chi connectivity index (χ0v) is 16.0. The van der Waals surface area contributed by atoms with Gasteiger partial charge in [-0.05, 0) is 34.1 Å². The summed E-state index contributed by atoms with van der Waals surface area (Å²) >= 11 is 3.40. The van der Waals surface area contributed by atoms with Gasteiger partial charge in [0.05, 0.1) is 35.3 Å². The summed E-state index contributed by atoms with van der Waals surface area (Å²) in [5, 5.41) is 3.22. The minimum absolute atomic E-state index is 0.213. The van der Waals surface area contributed by atoms with Gasteiger partial charge < -0.3 is 15.8 Å². The first-order valence-corrected chi connectivity index (χ1v) is 9.02. The van der Waals surface area contributed by atoms with E-state index in [1.165, 1.54) is 0 Å². The molecule has 3 aromatic carbocycles. The molecule has 1 aliphatic rings. The van der Waals surface area contributed by atoms with Gasteiger partial charge in [-0.2, -0.15) is 0 Å². The molecule has 1 aliphatic carbocycles. The number of nitrogens with two attached hydrogens (primary N) is 1. The van der Waals surface area contributed by atoms with E-state index in [0.717, 1.165) is 0 Å². The molecule has 6 heteroatoms. The third kappa shape index (κ3) is 2.69. The molecule has 0 saturated heterocycles. The molecule has 0 heterocycles. The van der Waals surface area contributed by atoms with Crippen LogP contribution in [-0.2, 0) is 0 Å². The Morgan fingerprint density at radius 1 is 0.889 bits per heavy atom. The summed E-state index contributed by atoms with van der Waals surface area (Å²) in [7, 11) is 1.57. The molecule has 0 unspecified atom stereocenters. The van der Waals surface area contributed by atoms with Crippen LogP contribution in [0.5, 0.6) is 5.75 Å². The Balaban J connectivity index is 1.94. The van der Waals surface area contributed by atoms with Crippen molar-refractivity contribution in [3.63, 3.8) is 0 Å². The first kappa shape index (κ1) is 17.3. The van der Waals surface area contributed by atoms with Crippen LogP contribution in [0.15, 0.2) is 59.1 Å². The van der Waals surface area contributed by atoms with E-state index in [9.17, 15) is 9.59 Å². The average Bonchev–Trinajstić information content (AvgIpc) is 2.69. The number of halogens is 1. The van der Waals surface area contributed by atoms with Crippen LogP contribution in [0.4, 0.5) is 17.1 Å². The van der Waals surface area contributed by atoms with Gasteiger partial charge in [-0.1, -0.05) is 36.4 Å². The number of ether oxygens (including phenoxy) is 1. The van der Waals surface area contributed by atoms with Crippen molar-refractivity contribution < 1.29 is 14.3 Å². The van der Waals surface area contributed by atoms with Gasteiger partial charge in [0.2, 0.25) is 0 Å². The molecule has 0 bridgehead atoms. The number of carbonyl (C=O) groups is 2. The number of methoxy groups -OCH3 is 1. The molecule has 0 fully saturated rings. The van der Waals surface area contributed by atoms with Crippen LogP contribution in [-0.4, -0.2) is 18.7 Å². The summed E-state index contributed by atoms with van der Waals surface area (Å²) < 4.78 is 5.91. The molecule has 0 amide bonds. The predicted molar refractivity (Wildman–Crippen MR) is 108 cm³/mol. The van der Waals surface area contributed by atoms with Crippen molar-refractivity contribution in [1.82, 2.24) is 0 Å². The monoisotopic (exact) mass is 422 g/mol. The Morgan fingerprint density at radius 3 is 2.15 bits per heavy atom. The number of benzene rings is 3. The maximum absolute atomic E-state index is 13.2. The lowest BCUT2D eigenvalue weighted by Crippen LogP contribution is -2.24. The van der Waals surface area contributed by atoms with Crippen LogP contribution in [0, 0.1) is 0 Å². The normalized spacial score (nSPS) is 12.4. The second-order valence-electron chi connectivity index (χ2n) is 6.10. The molecule has 134 valence electrons. The zero-order chi connectivity index (χ0) is 19.1. The molecule has 3 aromatic rings. The van der Waals surface area contributed by atoms with Gasteiger partial charge in [0.15, 0.2) is 11.6 Å². The number of nitrogens with one attached hydrogen (secondary N) is 1. The number of ketones is 2. The van der Waals surface area contributed by atoms with Gasteiger partial charge in [-0.25, -0.2) is 0 Å². The Bertz CT molecular complexity index is 1110. The van der Waals surface area contributed by atoms with E-state index in [1.807, 2.05) is 24.3 Å². The van der Waals surface area contributed by atoms with Crippen LogP contribution in [0.3, 0.4) is 0 Å². The molecular formula is C21H15BrN2O3. The molecule has 27 heavy (non-hydrogen) atoms. The SMILES string of the molecule is COc1ccccc1Nc1cc(Br)c(N)c2c1C(=O)c1ccccc1C2=O. The highest BCUT2D eigenvalue weighted by Crippen LogP contribution is 2.41. The van der Waals surface area contributed by atoms with Crippen molar-refractivity contribution >= 4 is 44.6 Å². The van der Waals surface area contributed by atoms with Gasteiger partial charge >= 0.3 is 0 Å². The Kier molecular flexibility index (Phi) is 4.20. The predicted octanol–water partition coefficient (Wildman–Crippen LogP) is 4.56. The summed E-state index contributed by atoms with van der Waals surface area (Å²) in [6, 6.07) is 15.8. The van der Waals surface area contributed by atoms with Crippen LogP contribution in [0.25, 0.3) is 0 Å². The van der Waals surface area contributed by atoms with Crippen molar-refractivity contribution in [3.8, 4) is 5.75 Å². The minimum atomic E-state index is -0.262. The number of anilines is 3. The smallest absolute Gasteiger partial charge is 0.196 e.